The quantitative estimate of drug-likeness (QED) is 0.807. The summed E-state index contributed by atoms with van der Waals surface area (Å²) in [5.41, 5.74) is 2.00. The van der Waals surface area contributed by atoms with E-state index in [0.717, 1.165) is 48.0 Å². The van der Waals surface area contributed by atoms with Gasteiger partial charge in [0.15, 0.2) is 0 Å². The van der Waals surface area contributed by atoms with Crippen LogP contribution in [0.4, 0.5) is 0 Å². The number of pyridine rings is 1. The van der Waals surface area contributed by atoms with Gasteiger partial charge in [-0.15, -0.1) is 0 Å². The Morgan fingerprint density at radius 1 is 1.26 bits per heavy atom. The molecule has 1 aliphatic carbocycles. The highest BCUT2D eigenvalue weighted by atomic mass is 16.5. The number of hydrogen-bond donors (Lipinski definition) is 1. The molecule has 1 aliphatic rings. The first kappa shape index (κ1) is 12.4. The minimum absolute atomic E-state index is 0.744. The molecule has 1 fully saturated rings. The summed E-state index contributed by atoms with van der Waals surface area (Å²) in [6.45, 7) is 3.80. The van der Waals surface area contributed by atoms with Crippen molar-refractivity contribution in [1.82, 2.24) is 10.3 Å². The van der Waals surface area contributed by atoms with Crippen molar-refractivity contribution in [3.05, 3.63) is 36.0 Å². The molecule has 0 atom stereocenters. The van der Waals surface area contributed by atoms with Crippen molar-refractivity contribution < 1.29 is 4.74 Å². The summed E-state index contributed by atoms with van der Waals surface area (Å²) in [5.74, 6) is 0.896. The zero-order chi connectivity index (χ0) is 13.1. The number of fused-ring (bicyclic) bond motifs is 1. The minimum Gasteiger partial charge on any atom is -0.491 e. The first-order valence-corrected chi connectivity index (χ1v) is 7.05. The van der Waals surface area contributed by atoms with E-state index in [1.54, 1.807) is 0 Å². The molecular weight excluding hydrogens is 236 g/mol. The third kappa shape index (κ3) is 3.24. The molecular formula is C16H20N2O. The SMILES string of the molecule is Cc1ccc2cccc(OCCCNC3CC3)c2n1. The van der Waals surface area contributed by atoms with E-state index in [4.69, 9.17) is 4.74 Å². The van der Waals surface area contributed by atoms with Crippen molar-refractivity contribution in [2.24, 2.45) is 0 Å². The molecule has 1 aromatic carbocycles. The van der Waals surface area contributed by atoms with E-state index in [1.807, 2.05) is 25.1 Å². The van der Waals surface area contributed by atoms with Crippen LogP contribution in [0.3, 0.4) is 0 Å². The zero-order valence-corrected chi connectivity index (χ0v) is 11.4. The molecule has 1 aromatic heterocycles. The monoisotopic (exact) mass is 256 g/mol. The molecule has 0 saturated heterocycles. The number of nitrogens with zero attached hydrogens (tertiary/aromatic N) is 1. The van der Waals surface area contributed by atoms with Crippen molar-refractivity contribution in [2.75, 3.05) is 13.2 Å². The highest BCUT2D eigenvalue weighted by molar-refractivity contribution is 5.84. The Bertz CT molecular complexity index is 564. The summed E-state index contributed by atoms with van der Waals surface area (Å²) >= 11 is 0. The second-order valence-electron chi connectivity index (χ2n) is 5.21. The topological polar surface area (TPSA) is 34.1 Å². The molecule has 0 amide bonds. The van der Waals surface area contributed by atoms with Gasteiger partial charge < -0.3 is 10.1 Å². The molecule has 0 bridgehead atoms. The van der Waals surface area contributed by atoms with Crippen molar-refractivity contribution >= 4 is 10.9 Å². The smallest absolute Gasteiger partial charge is 0.145 e. The van der Waals surface area contributed by atoms with Gasteiger partial charge in [0, 0.05) is 17.1 Å². The van der Waals surface area contributed by atoms with Gasteiger partial charge in [-0.25, -0.2) is 4.98 Å². The number of ether oxygens (including phenoxy) is 1. The van der Waals surface area contributed by atoms with E-state index in [9.17, 15) is 0 Å². The van der Waals surface area contributed by atoms with Crippen molar-refractivity contribution in [3.63, 3.8) is 0 Å². The van der Waals surface area contributed by atoms with Gasteiger partial charge >= 0.3 is 0 Å². The molecule has 100 valence electrons. The second-order valence-corrected chi connectivity index (χ2v) is 5.21. The van der Waals surface area contributed by atoms with Gasteiger partial charge in [0.2, 0.25) is 0 Å². The van der Waals surface area contributed by atoms with Crippen molar-refractivity contribution in [2.45, 2.75) is 32.2 Å². The maximum absolute atomic E-state index is 5.87. The highest BCUT2D eigenvalue weighted by Gasteiger charge is 2.19. The molecule has 0 radical (unpaired) electrons. The van der Waals surface area contributed by atoms with Crippen LogP contribution in [0.5, 0.6) is 5.75 Å². The predicted octanol–water partition coefficient (Wildman–Crippen LogP) is 3.06. The third-order valence-corrected chi connectivity index (χ3v) is 3.41. The van der Waals surface area contributed by atoms with E-state index in [2.05, 4.69) is 22.4 Å². The molecule has 3 rings (SSSR count). The molecule has 0 unspecified atom stereocenters. The molecule has 0 spiro atoms. The normalized spacial score (nSPS) is 14.8. The van der Waals surface area contributed by atoms with Crippen LogP contribution in [0.15, 0.2) is 30.3 Å². The maximum atomic E-state index is 5.87. The van der Waals surface area contributed by atoms with Gasteiger partial charge in [0.25, 0.3) is 0 Å². The number of aromatic nitrogens is 1. The largest absolute Gasteiger partial charge is 0.491 e. The van der Waals surface area contributed by atoms with Crippen LogP contribution in [0, 0.1) is 6.92 Å². The summed E-state index contributed by atoms with van der Waals surface area (Å²) < 4.78 is 5.87. The molecule has 3 heteroatoms. The van der Waals surface area contributed by atoms with Crippen LogP contribution in [-0.2, 0) is 0 Å². The Morgan fingerprint density at radius 3 is 3.00 bits per heavy atom. The van der Waals surface area contributed by atoms with Gasteiger partial charge in [-0.2, -0.15) is 0 Å². The van der Waals surface area contributed by atoms with E-state index in [1.165, 1.54) is 12.8 Å². The summed E-state index contributed by atoms with van der Waals surface area (Å²) in [5, 5.41) is 4.63. The number of hydrogen-bond acceptors (Lipinski definition) is 3. The average Bonchev–Trinajstić information content (AvgIpc) is 3.23. The van der Waals surface area contributed by atoms with Crippen LogP contribution in [0.1, 0.15) is 25.0 Å². The lowest BCUT2D eigenvalue weighted by molar-refractivity contribution is 0.311. The van der Waals surface area contributed by atoms with Crippen LogP contribution in [0.2, 0.25) is 0 Å². The van der Waals surface area contributed by atoms with Gasteiger partial charge in [-0.05, 0) is 44.9 Å². The van der Waals surface area contributed by atoms with Gasteiger partial charge in [-0.3, -0.25) is 0 Å². The van der Waals surface area contributed by atoms with Crippen LogP contribution in [-0.4, -0.2) is 24.2 Å². The number of nitrogens with one attached hydrogen (secondary N) is 1. The predicted molar refractivity (Wildman–Crippen MR) is 77.6 cm³/mol. The Labute approximate surface area is 114 Å². The fraction of sp³-hybridized carbons (Fsp3) is 0.438. The lowest BCUT2D eigenvalue weighted by Crippen LogP contribution is -2.19. The van der Waals surface area contributed by atoms with Crippen LogP contribution < -0.4 is 10.1 Å². The van der Waals surface area contributed by atoms with E-state index >= 15 is 0 Å². The number of para-hydroxylation sites is 1. The fourth-order valence-corrected chi connectivity index (χ4v) is 2.18. The number of benzene rings is 1. The average molecular weight is 256 g/mol. The Kier molecular flexibility index (Phi) is 3.65. The van der Waals surface area contributed by atoms with Gasteiger partial charge in [-0.1, -0.05) is 18.2 Å². The molecule has 0 aliphatic heterocycles. The second kappa shape index (κ2) is 5.57. The minimum atomic E-state index is 0.744. The van der Waals surface area contributed by atoms with Gasteiger partial charge in [0.1, 0.15) is 11.3 Å². The van der Waals surface area contributed by atoms with Crippen molar-refractivity contribution in [1.29, 1.82) is 0 Å². The van der Waals surface area contributed by atoms with Crippen LogP contribution in [0.25, 0.3) is 10.9 Å². The Hall–Kier alpha value is -1.61. The summed E-state index contributed by atoms with van der Waals surface area (Å²) in [6, 6.07) is 11.0. The van der Waals surface area contributed by atoms with Crippen LogP contribution >= 0.6 is 0 Å². The number of aryl methyl sites for hydroxylation is 1. The van der Waals surface area contributed by atoms with E-state index in [0.29, 0.717) is 0 Å². The molecule has 1 N–H and O–H groups in total. The molecule has 19 heavy (non-hydrogen) atoms. The number of rotatable bonds is 6. The molecule has 3 nitrogen and oxygen atoms in total. The zero-order valence-electron chi connectivity index (χ0n) is 11.4. The lowest BCUT2D eigenvalue weighted by Gasteiger charge is -2.09. The highest BCUT2D eigenvalue weighted by Crippen LogP contribution is 2.24. The third-order valence-electron chi connectivity index (χ3n) is 3.41. The van der Waals surface area contributed by atoms with E-state index < -0.39 is 0 Å². The maximum Gasteiger partial charge on any atom is 0.145 e. The van der Waals surface area contributed by atoms with Crippen molar-refractivity contribution in [3.8, 4) is 5.75 Å². The molecule has 2 aromatic rings. The Morgan fingerprint density at radius 2 is 2.16 bits per heavy atom. The summed E-state index contributed by atoms with van der Waals surface area (Å²) in [6.07, 6.45) is 3.72. The standard InChI is InChI=1S/C16H20N2O/c1-12-6-7-13-4-2-5-15(16(13)18-12)19-11-3-10-17-14-8-9-14/h2,4-7,14,17H,3,8-11H2,1H3. The Balaban J connectivity index is 1.61. The first-order chi connectivity index (χ1) is 9.33. The molecule has 1 heterocycles. The summed E-state index contributed by atoms with van der Waals surface area (Å²) in [7, 11) is 0. The van der Waals surface area contributed by atoms with E-state index in [-0.39, 0.29) is 0 Å². The molecule has 1 saturated carbocycles. The summed E-state index contributed by atoms with van der Waals surface area (Å²) in [4.78, 5) is 4.57. The first-order valence-electron chi connectivity index (χ1n) is 7.05. The fourth-order valence-electron chi connectivity index (χ4n) is 2.18. The van der Waals surface area contributed by atoms with Gasteiger partial charge in [0.05, 0.1) is 6.61 Å². The lowest BCUT2D eigenvalue weighted by atomic mass is 10.2.